The van der Waals surface area contributed by atoms with Gasteiger partial charge in [-0.15, -0.1) is 0 Å². The molecule has 0 amide bonds. The van der Waals surface area contributed by atoms with Gasteiger partial charge < -0.3 is 9.84 Å². The summed E-state index contributed by atoms with van der Waals surface area (Å²) in [6.45, 7) is 4.46. The van der Waals surface area contributed by atoms with Crippen molar-refractivity contribution in [2.24, 2.45) is 0 Å². The fourth-order valence-corrected chi connectivity index (χ4v) is 2.63. The number of nitrogens with zero attached hydrogens (tertiary/aromatic N) is 3. The van der Waals surface area contributed by atoms with Crippen LogP contribution in [0.5, 0.6) is 0 Å². The lowest BCUT2D eigenvalue weighted by atomic mass is 10.5. The van der Waals surface area contributed by atoms with Crippen molar-refractivity contribution in [2.45, 2.75) is 31.3 Å². The van der Waals surface area contributed by atoms with Gasteiger partial charge in [-0.05, 0) is 13.0 Å². The second-order valence-electron chi connectivity index (χ2n) is 4.49. The first kappa shape index (κ1) is 15.7. The summed E-state index contributed by atoms with van der Waals surface area (Å²) >= 11 is 0. The molecule has 2 heterocycles. The minimum absolute atomic E-state index is 0.0611. The van der Waals surface area contributed by atoms with E-state index in [9.17, 15) is 8.42 Å². The molecule has 0 radical (unpaired) electrons. The third-order valence-electron chi connectivity index (χ3n) is 2.79. The molecule has 2 aromatic rings. The molecule has 0 saturated heterocycles. The lowest BCUT2D eigenvalue weighted by molar-refractivity contribution is 0.380. The highest BCUT2D eigenvalue weighted by Crippen LogP contribution is 2.08. The summed E-state index contributed by atoms with van der Waals surface area (Å²) in [5.74, 6) is 0.453. The Morgan fingerprint density at radius 1 is 1.38 bits per heavy atom. The monoisotopic (exact) mass is 313 g/mol. The van der Waals surface area contributed by atoms with Crippen molar-refractivity contribution in [2.75, 3.05) is 13.1 Å². The maximum absolute atomic E-state index is 12.1. The van der Waals surface area contributed by atoms with Crippen LogP contribution in [-0.2, 0) is 23.1 Å². The Morgan fingerprint density at radius 3 is 2.95 bits per heavy atom. The zero-order valence-corrected chi connectivity index (χ0v) is 12.6. The summed E-state index contributed by atoms with van der Waals surface area (Å²) in [6, 6.07) is 1.60. The topological polar surface area (TPSA) is 102 Å². The van der Waals surface area contributed by atoms with E-state index in [1.165, 1.54) is 18.6 Å². The molecule has 0 aliphatic heterocycles. The highest BCUT2D eigenvalue weighted by molar-refractivity contribution is 7.89. The van der Waals surface area contributed by atoms with E-state index in [1.807, 2.05) is 0 Å². The molecule has 0 aliphatic rings. The number of rotatable bonds is 9. The highest BCUT2D eigenvalue weighted by atomic mass is 32.2. The van der Waals surface area contributed by atoms with Crippen molar-refractivity contribution in [1.82, 2.24) is 25.0 Å². The van der Waals surface area contributed by atoms with Gasteiger partial charge in [0.25, 0.3) is 0 Å². The molecule has 9 heteroatoms. The number of hydrogen-bond acceptors (Lipinski definition) is 6. The van der Waals surface area contributed by atoms with Crippen molar-refractivity contribution in [3.8, 4) is 0 Å². The summed E-state index contributed by atoms with van der Waals surface area (Å²) in [5.41, 5.74) is 0. The third kappa shape index (κ3) is 4.66. The number of hydrogen-bond donors (Lipinski definition) is 2. The summed E-state index contributed by atoms with van der Waals surface area (Å²) in [4.78, 5) is 0.137. The minimum Gasteiger partial charge on any atom is -0.360 e. The largest absolute Gasteiger partial charge is 0.360 e. The van der Waals surface area contributed by atoms with E-state index in [-0.39, 0.29) is 11.4 Å². The molecule has 116 valence electrons. The Balaban J connectivity index is 1.89. The molecule has 0 unspecified atom stereocenters. The van der Waals surface area contributed by atoms with Crippen molar-refractivity contribution < 1.29 is 12.9 Å². The third-order valence-corrected chi connectivity index (χ3v) is 4.15. The summed E-state index contributed by atoms with van der Waals surface area (Å²) in [5, 5.41) is 10.8. The van der Waals surface area contributed by atoms with E-state index in [1.54, 1.807) is 10.7 Å². The van der Waals surface area contributed by atoms with Crippen molar-refractivity contribution in [1.29, 1.82) is 0 Å². The van der Waals surface area contributed by atoms with Crippen molar-refractivity contribution >= 4 is 10.0 Å². The van der Waals surface area contributed by atoms with Gasteiger partial charge in [-0.2, -0.15) is 5.10 Å². The molecule has 8 nitrogen and oxygen atoms in total. The summed E-state index contributed by atoms with van der Waals surface area (Å²) in [6.07, 6.45) is 5.37. The lowest BCUT2D eigenvalue weighted by Crippen LogP contribution is -2.23. The first-order valence-electron chi connectivity index (χ1n) is 6.74. The van der Waals surface area contributed by atoms with E-state index in [2.05, 4.69) is 27.2 Å². The Morgan fingerprint density at radius 2 is 2.24 bits per heavy atom. The molecule has 0 atom stereocenters. The van der Waals surface area contributed by atoms with E-state index in [0.717, 1.165) is 19.5 Å². The standard InChI is InChI=1S/C12H19N5O3S/c1-2-4-13-6-7-17-10-12(9-14-17)21(18,19)16-8-11-3-5-15-20-11/h3,5,9-10,13,16H,2,4,6-8H2,1H3. The zero-order chi connectivity index (χ0) is 15.1. The maximum Gasteiger partial charge on any atom is 0.244 e. The normalized spacial score (nSPS) is 11.9. The van der Waals surface area contributed by atoms with Gasteiger partial charge in [0.2, 0.25) is 10.0 Å². The zero-order valence-electron chi connectivity index (χ0n) is 11.8. The molecule has 0 bridgehead atoms. The molecule has 21 heavy (non-hydrogen) atoms. The van der Waals surface area contributed by atoms with E-state index >= 15 is 0 Å². The quantitative estimate of drug-likeness (QED) is 0.648. The van der Waals surface area contributed by atoms with Gasteiger partial charge in [0, 0.05) is 18.8 Å². The predicted octanol–water partition coefficient (Wildman–Crippen LogP) is 0.349. The lowest BCUT2D eigenvalue weighted by Gasteiger charge is -2.03. The molecule has 0 spiro atoms. The van der Waals surface area contributed by atoms with Crippen LogP contribution in [-0.4, -0.2) is 36.4 Å². The molecule has 0 saturated carbocycles. The van der Waals surface area contributed by atoms with Crippen LogP contribution >= 0.6 is 0 Å². The van der Waals surface area contributed by atoms with Gasteiger partial charge in [-0.25, -0.2) is 13.1 Å². The second kappa shape index (κ2) is 7.34. The summed E-state index contributed by atoms with van der Waals surface area (Å²) < 4.78 is 33.0. The average molecular weight is 313 g/mol. The van der Waals surface area contributed by atoms with Crippen LogP contribution < -0.4 is 10.0 Å². The fraction of sp³-hybridized carbons (Fsp3) is 0.500. The van der Waals surface area contributed by atoms with Crippen LogP contribution in [0, 0.1) is 0 Å². The second-order valence-corrected chi connectivity index (χ2v) is 6.26. The number of aromatic nitrogens is 3. The minimum atomic E-state index is -3.59. The molecule has 0 fully saturated rings. The van der Waals surface area contributed by atoms with Gasteiger partial charge in [-0.3, -0.25) is 4.68 Å². The van der Waals surface area contributed by atoms with Gasteiger partial charge in [-0.1, -0.05) is 12.1 Å². The maximum atomic E-state index is 12.1. The van der Waals surface area contributed by atoms with Crippen LogP contribution in [0.4, 0.5) is 0 Å². The predicted molar refractivity (Wildman–Crippen MR) is 75.9 cm³/mol. The van der Waals surface area contributed by atoms with Crippen molar-refractivity contribution in [3.05, 3.63) is 30.4 Å². The number of sulfonamides is 1. The first-order chi connectivity index (χ1) is 10.1. The van der Waals surface area contributed by atoms with Gasteiger partial charge in [0.15, 0.2) is 5.76 Å². The van der Waals surface area contributed by atoms with Crippen LogP contribution in [0.2, 0.25) is 0 Å². The highest BCUT2D eigenvalue weighted by Gasteiger charge is 2.16. The molecule has 2 N–H and O–H groups in total. The molecule has 2 aromatic heterocycles. The first-order valence-corrected chi connectivity index (χ1v) is 8.22. The summed E-state index contributed by atoms with van der Waals surface area (Å²) in [7, 11) is -3.59. The van der Waals surface area contributed by atoms with E-state index < -0.39 is 10.0 Å². The molecular formula is C12H19N5O3S. The van der Waals surface area contributed by atoms with Crippen molar-refractivity contribution in [3.63, 3.8) is 0 Å². The van der Waals surface area contributed by atoms with E-state index in [0.29, 0.717) is 12.3 Å². The Labute approximate surface area is 123 Å². The Bertz CT molecular complexity index is 636. The Kier molecular flexibility index (Phi) is 5.48. The van der Waals surface area contributed by atoms with Gasteiger partial charge in [0.1, 0.15) is 4.90 Å². The average Bonchev–Trinajstić information content (AvgIpc) is 3.13. The SMILES string of the molecule is CCCNCCn1cc(S(=O)(=O)NCc2ccno2)cn1. The molecular weight excluding hydrogens is 294 g/mol. The molecule has 0 aliphatic carbocycles. The van der Waals surface area contributed by atoms with Crippen LogP contribution in [0.25, 0.3) is 0 Å². The van der Waals surface area contributed by atoms with Gasteiger partial charge >= 0.3 is 0 Å². The van der Waals surface area contributed by atoms with Crippen LogP contribution in [0.15, 0.2) is 34.1 Å². The fourth-order valence-electron chi connectivity index (χ4n) is 1.68. The van der Waals surface area contributed by atoms with Crippen LogP contribution in [0.3, 0.4) is 0 Å². The van der Waals surface area contributed by atoms with Crippen LogP contribution in [0.1, 0.15) is 19.1 Å². The number of nitrogens with one attached hydrogen (secondary N) is 2. The Hall–Kier alpha value is -1.71. The van der Waals surface area contributed by atoms with Gasteiger partial charge in [0.05, 0.1) is 25.5 Å². The molecule has 0 aromatic carbocycles. The van der Waals surface area contributed by atoms with E-state index in [4.69, 9.17) is 4.52 Å². The molecule has 2 rings (SSSR count). The smallest absolute Gasteiger partial charge is 0.244 e.